The molecule has 1 saturated carbocycles. The number of aromatic nitrogens is 6. The topological polar surface area (TPSA) is 166 Å². The van der Waals surface area contributed by atoms with E-state index in [0.717, 1.165) is 16.7 Å². The Morgan fingerprint density at radius 3 is 1.39 bits per heavy atom. The number of halogens is 4. The molecule has 1 saturated heterocycles. The monoisotopic (exact) mass is 967 g/mol. The highest BCUT2D eigenvalue weighted by atomic mass is 19.1. The lowest BCUT2D eigenvalue weighted by molar-refractivity contribution is -0.129. The zero-order chi connectivity index (χ0) is 50.1. The summed E-state index contributed by atoms with van der Waals surface area (Å²) in [6.07, 6.45) is 5.09. The number of carbonyl (C=O) groups is 2. The highest BCUT2D eigenvalue weighted by Crippen LogP contribution is 2.47. The summed E-state index contributed by atoms with van der Waals surface area (Å²) in [5.74, 6) is -0.204. The highest BCUT2D eigenvalue weighted by molar-refractivity contribution is 5.85. The van der Waals surface area contributed by atoms with Gasteiger partial charge in [0.25, 0.3) is 0 Å². The van der Waals surface area contributed by atoms with E-state index >= 15 is 0 Å². The number of H-pyrrole nitrogens is 2. The molecule has 2 aliphatic rings. The zero-order valence-electron chi connectivity index (χ0n) is 40.0. The van der Waals surface area contributed by atoms with Crippen molar-refractivity contribution in [2.75, 3.05) is 19.8 Å². The van der Waals surface area contributed by atoms with Gasteiger partial charge in [0.05, 0.1) is 31.0 Å². The minimum Gasteiger partial charge on any atom is -0.373 e. The maximum absolute atomic E-state index is 13.3. The summed E-state index contributed by atoms with van der Waals surface area (Å²) in [5, 5.41) is 15.9. The van der Waals surface area contributed by atoms with Gasteiger partial charge in [-0.25, -0.2) is 37.3 Å². The summed E-state index contributed by atoms with van der Waals surface area (Å²) >= 11 is 0. The third-order valence-corrected chi connectivity index (χ3v) is 14.7. The predicted octanol–water partition coefficient (Wildman–Crippen LogP) is 8.94. The van der Waals surface area contributed by atoms with Crippen LogP contribution in [-0.4, -0.2) is 60.9 Å². The van der Waals surface area contributed by atoms with Gasteiger partial charge in [-0.3, -0.25) is 18.7 Å². The van der Waals surface area contributed by atoms with Crippen LogP contribution in [0.3, 0.4) is 0 Å². The minimum absolute atomic E-state index is 0.0706. The third kappa shape index (κ3) is 10.7. The zero-order valence-corrected chi connectivity index (χ0v) is 40.0. The molecule has 3 N–H and O–H groups in total. The van der Waals surface area contributed by atoms with Crippen LogP contribution in [0.1, 0.15) is 123 Å². The van der Waals surface area contributed by atoms with Crippen LogP contribution in [0.25, 0.3) is 0 Å². The number of aromatic amines is 2. The molecule has 70 heavy (non-hydrogen) atoms. The number of Topliss-reactive ketones (excluding diaryl/α,β-unsaturated/α-hetero) is 2. The number of hydrogen-bond donors (Lipinski definition) is 3. The Labute approximate surface area is 404 Å². The van der Waals surface area contributed by atoms with Crippen molar-refractivity contribution in [1.82, 2.24) is 34.8 Å². The van der Waals surface area contributed by atoms with E-state index in [0.29, 0.717) is 72.9 Å². The standard InChI is InChI=1S/C27H31F2N3O3.C26H30F2N4O3/c1-19(23-13-21(15-28)12-22(14-23)16-29)35-17-26(24-6-4-3-5-7-24)8-10-27(11-9-26,20(2)33)32-18-30-31-25(32)34;1-18(22-11-20(13-27)10-21(12-22)14-28)35-16-25(23-6-4-3-5-7-23)8-9-26(15-29-25,19(2)33)32-17-30-31-24(32)34/h3-7,12-14,18-19H,8-11,15-17H2,1-2H3,(H,31,34);3-7,10-12,17-18,29H,8-9,13-16H2,1-2H3,(H,31,34)/t19-,26?,27?;18-,25-,26+/m11/s1. The van der Waals surface area contributed by atoms with Crippen LogP contribution in [0.4, 0.5) is 17.6 Å². The molecule has 372 valence electrons. The second-order valence-corrected chi connectivity index (χ2v) is 18.8. The van der Waals surface area contributed by atoms with Crippen LogP contribution in [0.2, 0.25) is 0 Å². The van der Waals surface area contributed by atoms with Gasteiger partial charge in [0, 0.05) is 12.0 Å². The molecule has 0 amide bonds. The number of ketones is 2. The summed E-state index contributed by atoms with van der Waals surface area (Å²) in [6.45, 7) is 4.91. The Morgan fingerprint density at radius 1 is 0.586 bits per heavy atom. The molecule has 0 radical (unpaired) electrons. The first kappa shape index (κ1) is 51.5. The molecule has 0 unspecified atom stereocenters. The van der Waals surface area contributed by atoms with Crippen LogP contribution < -0.4 is 16.7 Å². The van der Waals surface area contributed by atoms with E-state index in [9.17, 15) is 36.7 Å². The first-order valence-electron chi connectivity index (χ1n) is 23.5. The van der Waals surface area contributed by atoms with Crippen molar-refractivity contribution in [2.45, 2.75) is 127 Å². The number of piperidine rings is 1. The largest absolute Gasteiger partial charge is 0.373 e. The van der Waals surface area contributed by atoms with E-state index in [1.165, 1.54) is 47.8 Å². The Balaban J connectivity index is 0.000000206. The molecule has 13 nitrogen and oxygen atoms in total. The summed E-state index contributed by atoms with van der Waals surface area (Å²) in [5.41, 5.74) is 1.39. The molecular weight excluding hydrogens is 907 g/mol. The lowest BCUT2D eigenvalue weighted by atomic mass is 9.63. The van der Waals surface area contributed by atoms with Crippen LogP contribution in [0.5, 0.6) is 0 Å². The van der Waals surface area contributed by atoms with Gasteiger partial charge in [0.15, 0.2) is 11.6 Å². The quantitative estimate of drug-likeness (QED) is 0.0714. The third-order valence-electron chi connectivity index (χ3n) is 14.7. The van der Waals surface area contributed by atoms with Crippen LogP contribution in [0.15, 0.2) is 119 Å². The van der Waals surface area contributed by atoms with Crippen molar-refractivity contribution in [2.24, 2.45) is 0 Å². The van der Waals surface area contributed by atoms with Crippen LogP contribution in [-0.2, 0) is 67.8 Å². The summed E-state index contributed by atoms with van der Waals surface area (Å²) < 4.78 is 68.6. The van der Waals surface area contributed by atoms with E-state index in [2.05, 4.69) is 37.8 Å². The molecule has 1 aliphatic heterocycles. The summed E-state index contributed by atoms with van der Waals surface area (Å²) in [4.78, 5) is 50.2. The molecule has 4 aromatic carbocycles. The number of ether oxygens (including phenoxy) is 2. The van der Waals surface area contributed by atoms with Crippen molar-refractivity contribution in [3.63, 3.8) is 0 Å². The van der Waals surface area contributed by atoms with E-state index in [1.807, 2.05) is 62.4 Å². The van der Waals surface area contributed by atoms with Crippen molar-refractivity contribution in [3.8, 4) is 0 Å². The summed E-state index contributed by atoms with van der Waals surface area (Å²) in [6, 6.07) is 29.7. The number of hydrogen-bond acceptors (Lipinski definition) is 9. The van der Waals surface area contributed by atoms with Crippen molar-refractivity contribution in [3.05, 3.63) is 175 Å². The van der Waals surface area contributed by atoms with E-state index in [4.69, 9.17) is 9.47 Å². The van der Waals surface area contributed by atoms with Gasteiger partial charge in [0.2, 0.25) is 0 Å². The number of rotatable bonds is 18. The number of alkyl halides is 4. The summed E-state index contributed by atoms with van der Waals surface area (Å²) in [7, 11) is 0. The number of carbonyl (C=O) groups excluding carboxylic acids is 2. The van der Waals surface area contributed by atoms with Gasteiger partial charge in [-0.05, 0) is 111 Å². The van der Waals surface area contributed by atoms with E-state index < -0.39 is 60.8 Å². The molecule has 8 rings (SSSR count). The molecule has 1 aliphatic carbocycles. The Morgan fingerprint density at radius 2 is 1.00 bits per heavy atom. The fourth-order valence-corrected chi connectivity index (χ4v) is 10.2. The molecule has 4 atom stereocenters. The fourth-order valence-electron chi connectivity index (χ4n) is 10.2. The van der Waals surface area contributed by atoms with Gasteiger partial charge in [-0.15, -0.1) is 0 Å². The van der Waals surface area contributed by atoms with Gasteiger partial charge < -0.3 is 14.8 Å². The van der Waals surface area contributed by atoms with Crippen molar-refractivity contribution < 1.29 is 36.6 Å². The predicted molar refractivity (Wildman–Crippen MR) is 256 cm³/mol. The van der Waals surface area contributed by atoms with Gasteiger partial charge in [-0.1, -0.05) is 97.1 Å². The molecule has 0 bridgehead atoms. The fraction of sp³-hybridized carbons (Fsp3) is 0.434. The van der Waals surface area contributed by atoms with Gasteiger partial charge >= 0.3 is 11.4 Å². The van der Waals surface area contributed by atoms with Gasteiger partial charge in [-0.2, -0.15) is 10.2 Å². The average molecular weight is 968 g/mol. The lowest BCUT2D eigenvalue weighted by Crippen LogP contribution is -2.62. The Bertz CT molecular complexity index is 2580. The highest BCUT2D eigenvalue weighted by Gasteiger charge is 2.50. The van der Waals surface area contributed by atoms with E-state index in [-0.39, 0.29) is 36.2 Å². The Kier molecular flexibility index (Phi) is 16.3. The Hall–Kier alpha value is -6.30. The first-order chi connectivity index (χ1) is 33.7. The van der Waals surface area contributed by atoms with Crippen molar-refractivity contribution in [1.29, 1.82) is 0 Å². The smallest absolute Gasteiger partial charge is 0.344 e. The SMILES string of the molecule is CC(=O)C1(n2cn[nH]c2=O)CCC(CO[C@H](C)c2cc(CF)cc(CF)c2)(c2ccccc2)CC1.CC(=O)[C@]1(n2cn[nH]c2=O)CC[C@@](CO[C@H](C)c2cc(CF)cc(CF)c2)(c2ccccc2)NC1. The molecule has 3 heterocycles. The molecule has 2 aromatic heterocycles. The molecule has 6 aromatic rings. The molecular formula is C53H61F4N7O6. The number of nitrogens with one attached hydrogen (secondary N) is 3. The normalized spacial score (nSPS) is 23.2. The molecule has 2 fully saturated rings. The maximum Gasteiger partial charge on any atom is 0.344 e. The van der Waals surface area contributed by atoms with Gasteiger partial charge in [0.1, 0.15) is 50.4 Å². The number of nitrogens with zero attached hydrogens (tertiary/aromatic N) is 4. The lowest BCUT2D eigenvalue weighted by Gasteiger charge is -2.46. The second kappa shape index (κ2) is 22.2. The second-order valence-electron chi connectivity index (χ2n) is 18.8. The molecule has 17 heteroatoms. The van der Waals surface area contributed by atoms with Crippen LogP contribution in [0, 0.1) is 0 Å². The van der Waals surface area contributed by atoms with Crippen molar-refractivity contribution >= 4 is 11.6 Å². The maximum atomic E-state index is 13.3. The van der Waals surface area contributed by atoms with E-state index in [1.54, 1.807) is 24.3 Å². The minimum atomic E-state index is -1.06. The first-order valence-corrected chi connectivity index (χ1v) is 23.5. The van der Waals surface area contributed by atoms with Crippen LogP contribution >= 0.6 is 0 Å². The average Bonchev–Trinajstić information content (AvgIpc) is 4.05. The number of benzene rings is 4. The molecule has 0 spiro atoms.